The van der Waals surface area contributed by atoms with Crippen LogP contribution in [0.4, 0.5) is 9.18 Å². The molecular weight excluding hydrogens is 417 g/mol. The number of halogens is 1. The zero-order valence-corrected chi connectivity index (χ0v) is 18.4. The fourth-order valence-corrected chi connectivity index (χ4v) is 3.19. The van der Waals surface area contributed by atoms with Gasteiger partial charge in [-0.2, -0.15) is 0 Å². The van der Waals surface area contributed by atoms with Gasteiger partial charge in [0.1, 0.15) is 17.0 Å². The first-order valence-corrected chi connectivity index (χ1v) is 10.1. The molecule has 0 bridgehead atoms. The normalized spacial score (nSPS) is 12.4. The number of hydrogen-bond donors (Lipinski definition) is 3. The maximum atomic E-state index is 14.7. The highest BCUT2D eigenvalue weighted by Gasteiger charge is 2.22. The summed E-state index contributed by atoms with van der Waals surface area (Å²) in [6.45, 7) is 6.88. The minimum absolute atomic E-state index is 0.0144. The fourth-order valence-electron chi connectivity index (χ4n) is 3.19. The maximum absolute atomic E-state index is 14.7. The van der Waals surface area contributed by atoms with Gasteiger partial charge in [-0.05, 0) is 63.4 Å². The molecule has 2 heterocycles. The number of H-pyrrole nitrogens is 1. The second kappa shape index (κ2) is 9.25. The molecule has 1 atom stereocenters. The molecule has 0 saturated heterocycles. The van der Waals surface area contributed by atoms with Crippen molar-refractivity contribution in [1.82, 2.24) is 15.3 Å². The molecule has 3 rings (SSSR count). The van der Waals surface area contributed by atoms with Gasteiger partial charge in [0.25, 0.3) is 0 Å². The second-order valence-electron chi connectivity index (χ2n) is 8.49. The van der Waals surface area contributed by atoms with Gasteiger partial charge < -0.3 is 24.9 Å². The third-order valence-electron chi connectivity index (χ3n) is 4.67. The van der Waals surface area contributed by atoms with Crippen molar-refractivity contribution in [1.29, 1.82) is 0 Å². The monoisotopic (exact) mass is 443 g/mol. The number of carboxylic acids is 1. The number of carbonyl (C=O) groups is 2. The summed E-state index contributed by atoms with van der Waals surface area (Å²) in [5, 5.41) is 12.7. The molecule has 0 aliphatic heterocycles. The van der Waals surface area contributed by atoms with E-state index in [1.54, 1.807) is 45.3 Å². The fraction of sp³-hybridized carbons (Fsp3) is 0.348. The average Bonchev–Trinajstić information content (AvgIpc) is 3.07. The first-order chi connectivity index (χ1) is 15.0. The van der Waals surface area contributed by atoms with Gasteiger partial charge in [-0.25, -0.2) is 14.2 Å². The number of carboxylic acid groups (broad SMARTS) is 1. The van der Waals surface area contributed by atoms with Crippen molar-refractivity contribution in [3.63, 3.8) is 0 Å². The lowest BCUT2D eigenvalue weighted by atomic mass is 9.99. The second-order valence-corrected chi connectivity index (χ2v) is 8.49. The lowest BCUT2D eigenvalue weighted by molar-refractivity contribution is -0.141. The lowest BCUT2D eigenvalue weighted by Gasteiger charge is -2.21. The van der Waals surface area contributed by atoms with E-state index in [9.17, 15) is 19.1 Å². The van der Waals surface area contributed by atoms with Crippen LogP contribution in [0, 0.1) is 18.7 Å². The number of fused-ring (bicyclic) bond motifs is 1. The predicted octanol–water partition coefficient (Wildman–Crippen LogP) is 4.57. The zero-order chi connectivity index (χ0) is 23.5. The summed E-state index contributed by atoms with van der Waals surface area (Å²) in [5.41, 5.74) is 1.33. The molecule has 0 saturated carbocycles. The highest BCUT2D eigenvalue weighted by molar-refractivity contribution is 5.86. The first-order valence-electron chi connectivity index (χ1n) is 10.1. The summed E-state index contributed by atoms with van der Waals surface area (Å²) in [5.74, 6) is -2.20. The topological polar surface area (TPSA) is 114 Å². The molecule has 9 heteroatoms. The summed E-state index contributed by atoms with van der Waals surface area (Å²) in [4.78, 5) is 30.6. The summed E-state index contributed by atoms with van der Waals surface area (Å²) in [6, 6.07) is 5.95. The number of alkyl carbamates (subject to hydrolysis) is 1. The van der Waals surface area contributed by atoms with Crippen molar-refractivity contribution in [2.45, 2.75) is 39.7 Å². The van der Waals surface area contributed by atoms with Crippen molar-refractivity contribution in [2.75, 3.05) is 6.54 Å². The van der Waals surface area contributed by atoms with Crippen LogP contribution in [0.15, 0.2) is 36.7 Å². The summed E-state index contributed by atoms with van der Waals surface area (Å²) >= 11 is 0. The quantitative estimate of drug-likeness (QED) is 0.493. The Balaban J connectivity index is 1.70. The van der Waals surface area contributed by atoms with E-state index in [0.29, 0.717) is 17.0 Å². The first kappa shape index (κ1) is 23.1. The molecule has 3 N–H and O–H groups in total. The number of pyridine rings is 1. The molecule has 32 heavy (non-hydrogen) atoms. The van der Waals surface area contributed by atoms with Gasteiger partial charge in [0.2, 0.25) is 0 Å². The number of aryl methyl sites for hydroxylation is 1. The molecule has 2 aromatic heterocycles. The molecule has 8 nitrogen and oxygen atoms in total. The third kappa shape index (κ3) is 5.75. The number of nitrogens with zero attached hydrogens (tertiary/aromatic N) is 1. The smallest absolute Gasteiger partial charge is 0.407 e. The van der Waals surface area contributed by atoms with Crippen molar-refractivity contribution in [3.8, 4) is 11.5 Å². The Kier molecular flexibility index (Phi) is 6.67. The molecule has 0 aliphatic carbocycles. The van der Waals surface area contributed by atoms with Crippen LogP contribution in [-0.2, 0) is 16.0 Å². The maximum Gasteiger partial charge on any atom is 0.407 e. The molecular formula is C23H26FN3O5. The molecule has 0 spiro atoms. The molecule has 1 aromatic carbocycles. The number of amides is 1. The summed E-state index contributed by atoms with van der Waals surface area (Å²) in [7, 11) is 0. The van der Waals surface area contributed by atoms with Crippen LogP contribution < -0.4 is 10.1 Å². The number of benzene rings is 1. The van der Waals surface area contributed by atoms with E-state index >= 15 is 0 Å². The molecule has 1 unspecified atom stereocenters. The number of aliphatic carboxylic acids is 1. The van der Waals surface area contributed by atoms with Gasteiger partial charge >= 0.3 is 12.1 Å². The van der Waals surface area contributed by atoms with Gasteiger partial charge in [0, 0.05) is 18.9 Å². The zero-order valence-electron chi connectivity index (χ0n) is 18.4. The average molecular weight is 443 g/mol. The molecule has 0 radical (unpaired) electrons. The van der Waals surface area contributed by atoms with Gasteiger partial charge in [0.15, 0.2) is 11.6 Å². The van der Waals surface area contributed by atoms with Crippen molar-refractivity contribution < 1.29 is 28.6 Å². The number of aromatic amines is 1. The van der Waals surface area contributed by atoms with Crippen molar-refractivity contribution >= 4 is 23.1 Å². The van der Waals surface area contributed by atoms with Crippen molar-refractivity contribution in [2.24, 2.45) is 5.92 Å². The van der Waals surface area contributed by atoms with E-state index in [2.05, 4.69) is 15.3 Å². The summed E-state index contributed by atoms with van der Waals surface area (Å²) in [6.07, 6.45) is 2.68. The molecule has 0 fully saturated rings. The number of ether oxygens (including phenoxy) is 2. The number of nitrogens with one attached hydrogen (secondary N) is 2. The van der Waals surface area contributed by atoms with Crippen molar-refractivity contribution in [3.05, 3.63) is 53.6 Å². The Hall–Kier alpha value is -3.62. The highest BCUT2D eigenvalue weighted by Crippen LogP contribution is 2.32. The standard InChI is InChI=1S/C23H26FN3O5/c1-13-11-26-20-19(13)18(7-8-25-20)31-17-6-5-14(10-16(17)24)9-15(21(28)29)12-27-22(30)32-23(2,3)4/h5-8,10-11,15H,9,12H2,1-4H3,(H,25,26)(H,27,30)(H,28,29). The highest BCUT2D eigenvalue weighted by atomic mass is 19.1. The van der Waals surface area contributed by atoms with E-state index < -0.39 is 29.4 Å². The van der Waals surface area contributed by atoms with E-state index in [1.807, 2.05) is 6.92 Å². The number of rotatable bonds is 7. The Morgan fingerprint density at radius 2 is 2.00 bits per heavy atom. The predicted molar refractivity (Wildman–Crippen MR) is 116 cm³/mol. The third-order valence-corrected chi connectivity index (χ3v) is 4.67. The van der Waals surface area contributed by atoms with E-state index in [1.165, 1.54) is 12.1 Å². The minimum Gasteiger partial charge on any atom is -0.481 e. The van der Waals surface area contributed by atoms with E-state index in [4.69, 9.17) is 9.47 Å². The molecule has 1 amide bonds. The van der Waals surface area contributed by atoms with Gasteiger partial charge in [-0.1, -0.05) is 6.07 Å². The Labute approximate surface area is 184 Å². The number of aromatic nitrogens is 2. The van der Waals surface area contributed by atoms with Crippen LogP contribution in [0.3, 0.4) is 0 Å². The largest absolute Gasteiger partial charge is 0.481 e. The minimum atomic E-state index is -1.11. The van der Waals surface area contributed by atoms with Crippen LogP contribution in [0.1, 0.15) is 31.9 Å². The van der Waals surface area contributed by atoms with Crippen LogP contribution in [0.5, 0.6) is 11.5 Å². The van der Waals surface area contributed by atoms with Gasteiger partial charge in [0.05, 0.1) is 11.3 Å². The SMILES string of the molecule is Cc1c[nH]c2nccc(Oc3ccc(CC(CNC(=O)OC(C)(C)C)C(=O)O)cc3F)c12. The number of hydrogen-bond acceptors (Lipinski definition) is 5. The van der Waals surface area contributed by atoms with E-state index in [-0.39, 0.29) is 18.7 Å². The van der Waals surface area contributed by atoms with Crippen LogP contribution in [-0.4, -0.2) is 39.3 Å². The Bertz CT molecular complexity index is 1140. The summed E-state index contributed by atoms with van der Waals surface area (Å²) < 4.78 is 25.6. The van der Waals surface area contributed by atoms with Crippen LogP contribution in [0.25, 0.3) is 11.0 Å². The van der Waals surface area contributed by atoms with Gasteiger partial charge in [-0.15, -0.1) is 0 Å². The molecule has 3 aromatic rings. The molecule has 170 valence electrons. The van der Waals surface area contributed by atoms with Gasteiger partial charge in [-0.3, -0.25) is 4.79 Å². The van der Waals surface area contributed by atoms with Crippen LogP contribution >= 0.6 is 0 Å². The molecule has 0 aliphatic rings. The Morgan fingerprint density at radius 3 is 2.66 bits per heavy atom. The number of carbonyl (C=O) groups excluding carboxylic acids is 1. The Morgan fingerprint density at radius 1 is 1.25 bits per heavy atom. The van der Waals surface area contributed by atoms with E-state index in [0.717, 1.165) is 10.9 Å². The lowest BCUT2D eigenvalue weighted by Crippen LogP contribution is -2.37. The van der Waals surface area contributed by atoms with Crippen LogP contribution in [0.2, 0.25) is 0 Å².